The molecule has 2 aromatic rings. The minimum absolute atomic E-state index is 0.357. The van der Waals surface area contributed by atoms with Crippen molar-refractivity contribution in [3.05, 3.63) is 59.7 Å². The first-order chi connectivity index (χ1) is 11.7. The number of benzene rings is 2. The lowest BCUT2D eigenvalue weighted by Crippen LogP contribution is -2.19. The summed E-state index contributed by atoms with van der Waals surface area (Å²) in [4.78, 5) is 13.5. The number of carbonyl (C=O) groups is 1. The second-order valence-electron chi connectivity index (χ2n) is 5.73. The van der Waals surface area contributed by atoms with Crippen LogP contribution < -0.4 is 14.4 Å². The Morgan fingerprint density at radius 1 is 1.21 bits per heavy atom. The molecule has 1 aliphatic rings. The summed E-state index contributed by atoms with van der Waals surface area (Å²) in [6, 6.07) is 14.1. The summed E-state index contributed by atoms with van der Waals surface area (Å²) < 4.78 is 10.4. The smallest absolute Gasteiger partial charge is 0.308 e. The molecule has 1 heterocycles. The Bertz CT molecular complexity index is 767. The van der Waals surface area contributed by atoms with E-state index in [1.807, 2.05) is 12.1 Å². The molecule has 2 aromatic carbocycles. The molecule has 4 nitrogen and oxygen atoms in total. The summed E-state index contributed by atoms with van der Waals surface area (Å²) in [6.07, 6.45) is 5.30. The molecule has 0 unspecified atom stereocenters. The first-order valence-electron chi connectivity index (χ1n) is 8.03. The number of rotatable bonds is 5. The van der Waals surface area contributed by atoms with Crippen molar-refractivity contribution in [2.45, 2.75) is 13.3 Å². The van der Waals surface area contributed by atoms with Crippen molar-refractivity contribution in [1.29, 1.82) is 0 Å². The lowest BCUT2D eigenvalue weighted by molar-refractivity contribution is -0.132. The van der Waals surface area contributed by atoms with E-state index in [2.05, 4.69) is 41.3 Å². The lowest BCUT2D eigenvalue weighted by Gasteiger charge is -2.16. The minimum Gasteiger partial charge on any atom is -0.493 e. The van der Waals surface area contributed by atoms with Crippen LogP contribution in [-0.4, -0.2) is 26.2 Å². The summed E-state index contributed by atoms with van der Waals surface area (Å²) in [5.74, 6) is 0.638. The van der Waals surface area contributed by atoms with E-state index in [4.69, 9.17) is 9.47 Å². The zero-order chi connectivity index (χ0) is 16.9. The van der Waals surface area contributed by atoms with Gasteiger partial charge in [-0.15, -0.1) is 0 Å². The van der Waals surface area contributed by atoms with Gasteiger partial charge in [-0.2, -0.15) is 0 Å². The van der Waals surface area contributed by atoms with Gasteiger partial charge < -0.3 is 14.4 Å². The van der Waals surface area contributed by atoms with E-state index in [0.29, 0.717) is 11.5 Å². The molecule has 0 saturated carbocycles. The highest BCUT2D eigenvalue weighted by molar-refractivity contribution is 5.71. The topological polar surface area (TPSA) is 38.8 Å². The highest BCUT2D eigenvalue weighted by Gasteiger charge is 2.16. The number of hydrogen-bond acceptors (Lipinski definition) is 4. The number of carbonyl (C=O) groups excluding carboxylic acids is 1. The Hall–Kier alpha value is -2.75. The normalized spacial score (nSPS) is 13.2. The third kappa shape index (κ3) is 3.59. The van der Waals surface area contributed by atoms with E-state index in [1.54, 1.807) is 13.2 Å². The maximum Gasteiger partial charge on any atom is 0.308 e. The van der Waals surface area contributed by atoms with Crippen molar-refractivity contribution in [3.8, 4) is 11.5 Å². The van der Waals surface area contributed by atoms with Gasteiger partial charge in [-0.25, -0.2) is 0 Å². The molecule has 1 aliphatic heterocycles. The molecule has 0 amide bonds. The van der Waals surface area contributed by atoms with Gasteiger partial charge in [-0.1, -0.05) is 36.4 Å². The molecule has 124 valence electrons. The number of methoxy groups -OCH3 is 1. The Labute approximate surface area is 142 Å². The van der Waals surface area contributed by atoms with Crippen LogP contribution in [0.1, 0.15) is 18.1 Å². The van der Waals surface area contributed by atoms with Crippen LogP contribution in [0.15, 0.2) is 48.5 Å². The van der Waals surface area contributed by atoms with Crippen LogP contribution in [0, 0.1) is 0 Å². The van der Waals surface area contributed by atoms with Crippen LogP contribution in [-0.2, 0) is 11.2 Å². The minimum atomic E-state index is -0.357. The van der Waals surface area contributed by atoms with Crippen molar-refractivity contribution in [2.24, 2.45) is 0 Å². The summed E-state index contributed by atoms with van der Waals surface area (Å²) in [7, 11) is 1.57. The van der Waals surface area contributed by atoms with Gasteiger partial charge in [0.05, 0.1) is 7.11 Å². The van der Waals surface area contributed by atoms with Crippen molar-refractivity contribution in [2.75, 3.05) is 25.1 Å². The Morgan fingerprint density at radius 2 is 2.04 bits per heavy atom. The second-order valence-corrected chi connectivity index (χ2v) is 5.73. The number of esters is 1. The zero-order valence-corrected chi connectivity index (χ0v) is 14.0. The summed E-state index contributed by atoms with van der Waals surface area (Å²) in [5, 5.41) is 0. The predicted molar refractivity (Wildman–Crippen MR) is 95.7 cm³/mol. The van der Waals surface area contributed by atoms with Gasteiger partial charge in [-0.3, -0.25) is 4.79 Å². The van der Waals surface area contributed by atoms with Gasteiger partial charge >= 0.3 is 5.97 Å². The zero-order valence-electron chi connectivity index (χ0n) is 14.0. The van der Waals surface area contributed by atoms with Crippen LogP contribution in [0.5, 0.6) is 11.5 Å². The van der Waals surface area contributed by atoms with Gasteiger partial charge in [0.25, 0.3) is 0 Å². The largest absolute Gasteiger partial charge is 0.493 e. The third-order valence-electron chi connectivity index (χ3n) is 4.06. The number of para-hydroxylation sites is 1. The summed E-state index contributed by atoms with van der Waals surface area (Å²) in [6.45, 7) is 3.30. The Morgan fingerprint density at radius 3 is 2.83 bits per heavy atom. The average Bonchev–Trinajstić information content (AvgIpc) is 2.99. The molecule has 0 aliphatic carbocycles. The average molecular weight is 323 g/mol. The molecule has 0 fully saturated rings. The number of ether oxygens (including phenoxy) is 2. The van der Waals surface area contributed by atoms with E-state index in [-0.39, 0.29) is 5.97 Å². The van der Waals surface area contributed by atoms with Crippen LogP contribution in [0.4, 0.5) is 5.69 Å². The first kappa shape index (κ1) is 16.1. The van der Waals surface area contributed by atoms with Gasteiger partial charge in [-0.05, 0) is 35.7 Å². The van der Waals surface area contributed by atoms with E-state index < -0.39 is 0 Å². The maximum atomic E-state index is 11.1. The fourth-order valence-corrected chi connectivity index (χ4v) is 2.94. The molecular formula is C20H21NO3. The highest BCUT2D eigenvalue weighted by atomic mass is 16.6. The van der Waals surface area contributed by atoms with Crippen molar-refractivity contribution >= 4 is 17.7 Å². The fraction of sp³-hybridized carbons (Fsp3) is 0.250. The van der Waals surface area contributed by atoms with E-state index >= 15 is 0 Å². The molecule has 0 N–H and O–H groups in total. The molecule has 3 rings (SSSR count). The number of anilines is 1. The lowest BCUT2D eigenvalue weighted by atomic mass is 10.1. The highest BCUT2D eigenvalue weighted by Crippen LogP contribution is 2.29. The first-order valence-corrected chi connectivity index (χ1v) is 8.03. The molecule has 0 spiro atoms. The monoisotopic (exact) mass is 323 g/mol. The Kier molecular flexibility index (Phi) is 4.85. The molecule has 0 bridgehead atoms. The third-order valence-corrected chi connectivity index (χ3v) is 4.06. The van der Waals surface area contributed by atoms with Crippen LogP contribution >= 0.6 is 0 Å². The Balaban J connectivity index is 1.68. The van der Waals surface area contributed by atoms with Gasteiger partial charge in [0.1, 0.15) is 0 Å². The SMILES string of the molecule is COc1cc(C=CCN2CCc3ccccc32)ccc1OC(C)=O. The van der Waals surface area contributed by atoms with Crippen molar-refractivity contribution in [1.82, 2.24) is 0 Å². The summed E-state index contributed by atoms with van der Waals surface area (Å²) >= 11 is 0. The number of fused-ring (bicyclic) bond motifs is 1. The predicted octanol–water partition coefficient (Wildman–Crippen LogP) is 3.70. The van der Waals surface area contributed by atoms with Crippen LogP contribution in [0.25, 0.3) is 6.08 Å². The molecule has 24 heavy (non-hydrogen) atoms. The van der Waals surface area contributed by atoms with Crippen LogP contribution in [0.2, 0.25) is 0 Å². The molecular weight excluding hydrogens is 302 g/mol. The molecule has 4 heteroatoms. The fourth-order valence-electron chi connectivity index (χ4n) is 2.94. The van der Waals surface area contributed by atoms with Gasteiger partial charge in [0, 0.05) is 25.7 Å². The van der Waals surface area contributed by atoms with Crippen molar-refractivity contribution in [3.63, 3.8) is 0 Å². The second kappa shape index (κ2) is 7.21. The molecule has 0 aromatic heterocycles. The maximum absolute atomic E-state index is 11.1. The van der Waals surface area contributed by atoms with Crippen molar-refractivity contribution < 1.29 is 14.3 Å². The molecule has 0 atom stereocenters. The van der Waals surface area contributed by atoms with Gasteiger partial charge in [0.15, 0.2) is 11.5 Å². The van der Waals surface area contributed by atoms with Gasteiger partial charge in [0.2, 0.25) is 0 Å². The van der Waals surface area contributed by atoms with E-state index in [1.165, 1.54) is 18.2 Å². The number of hydrogen-bond donors (Lipinski definition) is 0. The standard InChI is InChI=1S/C20H21NO3/c1-15(22)24-19-10-9-16(14-20(19)23-2)6-5-12-21-13-11-17-7-3-4-8-18(17)21/h3-10,14H,11-13H2,1-2H3. The number of nitrogens with zero attached hydrogens (tertiary/aromatic N) is 1. The molecule has 0 saturated heterocycles. The van der Waals surface area contributed by atoms with Crippen LogP contribution in [0.3, 0.4) is 0 Å². The molecule has 0 radical (unpaired) electrons. The quantitative estimate of drug-likeness (QED) is 0.621. The van der Waals surface area contributed by atoms with E-state index in [9.17, 15) is 4.79 Å². The van der Waals surface area contributed by atoms with E-state index in [0.717, 1.165) is 25.1 Å². The summed E-state index contributed by atoms with van der Waals surface area (Å²) in [5.41, 5.74) is 3.75.